The second kappa shape index (κ2) is 8.36. The quantitative estimate of drug-likeness (QED) is 0.817. The normalized spacial score (nSPS) is 17.3. The molecule has 22 heavy (non-hydrogen) atoms. The van der Waals surface area contributed by atoms with E-state index in [1.54, 1.807) is 24.1 Å². The number of carbonyl (C=O) groups excluding carboxylic acids is 1. The minimum Gasteiger partial charge on any atom is -0.388 e. The van der Waals surface area contributed by atoms with E-state index in [1.165, 1.54) is 0 Å². The fourth-order valence-electron chi connectivity index (χ4n) is 2.72. The zero-order valence-electron chi connectivity index (χ0n) is 12.8. The van der Waals surface area contributed by atoms with Crippen LogP contribution in [0.5, 0.6) is 0 Å². The van der Waals surface area contributed by atoms with E-state index in [9.17, 15) is 9.90 Å². The first kappa shape index (κ1) is 17.1. The molecule has 0 bridgehead atoms. The number of piperidine rings is 1. The summed E-state index contributed by atoms with van der Waals surface area (Å²) in [6.07, 6.45) is 1.08. The molecule has 0 saturated carbocycles. The van der Waals surface area contributed by atoms with Crippen molar-refractivity contribution < 1.29 is 14.6 Å². The fourth-order valence-corrected chi connectivity index (χ4v) is 2.85. The van der Waals surface area contributed by atoms with Crippen LogP contribution < -0.4 is 5.32 Å². The van der Waals surface area contributed by atoms with Crippen molar-refractivity contribution in [2.24, 2.45) is 5.92 Å². The summed E-state index contributed by atoms with van der Waals surface area (Å²) in [4.78, 5) is 13.7. The van der Waals surface area contributed by atoms with Crippen LogP contribution in [0.2, 0.25) is 5.02 Å². The second-order valence-electron chi connectivity index (χ2n) is 5.55. The van der Waals surface area contributed by atoms with Crippen LogP contribution in [-0.2, 0) is 4.74 Å². The lowest BCUT2D eigenvalue weighted by atomic mass is 9.87. The number of aliphatic hydroxyl groups is 1. The molecule has 1 heterocycles. The molecule has 5 nitrogen and oxygen atoms in total. The Morgan fingerprint density at radius 1 is 1.41 bits per heavy atom. The largest absolute Gasteiger partial charge is 0.388 e. The van der Waals surface area contributed by atoms with Crippen molar-refractivity contribution in [1.82, 2.24) is 10.2 Å². The highest BCUT2D eigenvalue weighted by molar-refractivity contribution is 6.30. The number of ether oxygens (including phenoxy) is 1. The summed E-state index contributed by atoms with van der Waals surface area (Å²) < 4.78 is 4.91. The van der Waals surface area contributed by atoms with E-state index in [0.29, 0.717) is 31.3 Å². The van der Waals surface area contributed by atoms with E-state index in [-0.39, 0.29) is 11.9 Å². The van der Waals surface area contributed by atoms with Gasteiger partial charge in [-0.05, 0) is 36.5 Å². The van der Waals surface area contributed by atoms with E-state index in [1.807, 2.05) is 12.1 Å². The van der Waals surface area contributed by atoms with E-state index in [4.69, 9.17) is 16.3 Å². The SMILES string of the molecule is COCCNC(=O)N1CCC([C@@H](O)c2ccc(Cl)cc2)CC1. The van der Waals surface area contributed by atoms with Gasteiger partial charge in [0.05, 0.1) is 12.7 Å². The third kappa shape index (κ3) is 4.60. The minimum absolute atomic E-state index is 0.0588. The first-order chi connectivity index (χ1) is 10.6. The van der Waals surface area contributed by atoms with Crippen molar-refractivity contribution in [3.05, 3.63) is 34.9 Å². The van der Waals surface area contributed by atoms with E-state index >= 15 is 0 Å². The summed E-state index contributed by atoms with van der Waals surface area (Å²) in [5, 5.41) is 13.9. The van der Waals surface area contributed by atoms with Crippen LogP contribution in [-0.4, -0.2) is 49.4 Å². The molecule has 1 aliphatic heterocycles. The van der Waals surface area contributed by atoms with Gasteiger partial charge in [-0.15, -0.1) is 0 Å². The average molecular weight is 327 g/mol. The Bertz CT molecular complexity index is 473. The van der Waals surface area contributed by atoms with Gasteiger partial charge in [0.2, 0.25) is 0 Å². The van der Waals surface area contributed by atoms with Gasteiger partial charge in [0.1, 0.15) is 0 Å². The molecular formula is C16H23ClN2O3. The lowest BCUT2D eigenvalue weighted by Crippen LogP contribution is -2.45. The number of amides is 2. The molecular weight excluding hydrogens is 304 g/mol. The topological polar surface area (TPSA) is 61.8 Å². The third-order valence-electron chi connectivity index (χ3n) is 4.07. The molecule has 1 atom stereocenters. The maximum absolute atomic E-state index is 11.9. The predicted molar refractivity (Wildman–Crippen MR) is 86.0 cm³/mol. The second-order valence-corrected chi connectivity index (χ2v) is 5.98. The van der Waals surface area contributed by atoms with Gasteiger partial charge in [-0.1, -0.05) is 23.7 Å². The van der Waals surface area contributed by atoms with Crippen molar-refractivity contribution in [3.8, 4) is 0 Å². The maximum Gasteiger partial charge on any atom is 0.317 e. The molecule has 1 aromatic rings. The van der Waals surface area contributed by atoms with Gasteiger partial charge in [0.15, 0.2) is 0 Å². The van der Waals surface area contributed by atoms with Gasteiger partial charge in [-0.3, -0.25) is 0 Å². The number of nitrogens with zero attached hydrogens (tertiary/aromatic N) is 1. The van der Waals surface area contributed by atoms with Crippen LogP contribution in [0.1, 0.15) is 24.5 Å². The highest BCUT2D eigenvalue weighted by Gasteiger charge is 2.28. The van der Waals surface area contributed by atoms with Crippen LogP contribution in [0.4, 0.5) is 4.79 Å². The summed E-state index contributed by atoms with van der Waals surface area (Å²) in [5.41, 5.74) is 0.882. The van der Waals surface area contributed by atoms with Crippen molar-refractivity contribution in [2.75, 3.05) is 33.4 Å². The standard InChI is InChI=1S/C16H23ClN2O3/c1-22-11-8-18-16(21)19-9-6-13(7-10-19)15(20)12-2-4-14(17)5-3-12/h2-5,13,15,20H,6-11H2,1H3,(H,18,21)/t15-/m0/s1. The summed E-state index contributed by atoms with van der Waals surface area (Å²) in [5.74, 6) is 0.171. The number of rotatable bonds is 5. The molecule has 2 N–H and O–H groups in total. The Hall–Kier alpha value is -1.30. The molecule has 2 amide bonds. The molecule has 0 aromatic heterocycles. The molecule has 0 spiro atoms. The number of hydrogen-bond donors (Lipinski definition) is 2. The molecule has 0 unspecified atom stereocenters. The number of halogens is 1. The zero-order valence-corrected chi connectivity index (χ0v) is 13.6. The minimum atomic E-state index is -0.504. The monoisotopic (exact) mass is 326 g/mol. The number of carbonyl (C=O) groups is 1. The number of urea groups is 1. The molecule has 1 saturated heterocycles. The van der Waals surface area contributed by atoms with Crippen LogP contribution in [0.25, 0.3) is 0 Å². The van der Waals surface area contributed by atoms with Gasteiger partial charge in [-0.2, -0.15) is 0 Å². The molecule has 0 aliphatic carbocycles. The van der Waals surface area contributed by atoms with Crippen molar-refractivity contribution in [3.63, 3.8) is 0 Å². The summed E-state index contributed by atoms with van der Waals surface area (Å²) in [6.45, 7) is 2.35. The van der Waals surface area contributed by atoms with Crippen LogP contribution in [0, 0.1) is 5.92 Å². The van der Waals surface area contributed by atoms with Crippen molar-refractivity contribution >= 4 is 17.6 Å². The highest BCUT2D eigenvalue weighted by Crippen LogP contribution is 2.31. The third-order valence-corrected chi connectivity index (χ3v) is 4.32. The van der Waals surface area contributed by atoms with E-state index < -0.39 is 6.10 Å². The lowest BCUT2D eigenvalue weighted by Gasteiger charge is -2.34. The Labute approximate surface area is 136 Å². The predicted octanol–water partition coefficient (Wildman–Crippen LogP) is 2.44. The molecule has 1 fully saturated rings. The Morgan fingerprint density at radius 2 is 2.05 bits per heavy atom. The van der Waals surface area contributed by atoms with Gasteiger partial charge in [0, 0.05) is 31.8 Å². The molecule has 2 rings (SSSR count). The van der Waals surface area contributed by atoms with Crippen LogP contribution >= 0.6 is 11.6 Å². The molecule has 0 radical (unpaired) electrons. The smallest absolute Gasteiger partial charge is 0.317 e. The molecule has 6 heteroatoms. The molecule has 1 aromatic carbocycles. The van der Waals surface area contributed by atoms with Gasteiger partial charge in [-0.25, -0.2) is 4.79 Å². The Morgan fingerprint density at radius 3 is 2.64 bits per heavy atom. The highest BCUT2D eigenvalue weighted by atomic mass is 35.5. The Balaban J connectivity index is 1.81. The van der Waals surface area contributed by atoms with Crippen LogP contribution in [0.3, 0.4) is 0 Å². The van der Waals surface area contributed by atoms with E-state index in [2.05, 4.69) is 5.32 Å². The Kier molecular flexibility index (Phi) is 6.49. The van der Waals surface area contributed by atoms with Gasteiger partial charge >= 0.3 is 6.03 Å². The fraction of sp³-hybridized carbons (Fsp3) is 0.562. The first-order valence-electron chi connectivity index (χ1n) is 7.57. The average Bonchev–Trinajstić information content (AvgIpc) is 2.55. The van der Waals surface area contributed by atoms with Gasteiger partial charge < -0.3 is 20.1 Å². The van der Waals surface area contributed by atoms with Gasteiger partial charge in [0.25, 0.3) is 0 Å². The van der Waals surface area contributed by atoms with E-state index in [0.717, 1.165) is 18.4 Å². The summed E-state index contributed by atoms with van der Waals surface area (Å²) in [6, 6.07) is 7.24. The number of hydrogen-bond acceptors (Lipinski definition) is 3. The zero-order chi connectivity index (χ0) is 15.9. The number of likely N-dealkylation sites (tertiary alicyclic amines) is 1. The van der Waals surface area contributed by atoms with Crippen molar-refractivity contribution in [1.29, 1.82) is 0 Å². The number of methoxy groups -OCH3 is 1. The number of nitrogens with one attached hydrogen (secondary N) is 1. The lowest BCUT2D eigenvalue weighted by molar-refractivity contribution is 0.0662. The van der Waals surface area contributed by atoms with Crippen LogP contribution in [0.15, 0.2) is 24.3 Å². The van der Waals surface area contributed by atoms with Crippen molar-refractivity contribution in [2.45, 2.75) is 18.9 Å². The molecule has 1 aliphatic rings. The summed E-state index contributed by atoms with van der Waals surface area (Å²) in [7, 11) is 1.61. The maximum atomic E-state index is 11.9. The summed E-state index contributed by atoms with van der Waals surface area (Å²) >= 11 is 5.87. The number of aliphatic hydroxyl groups excluding tert-OH is 1. The first-order valence-corrected chi connectivity index (χ1v) is 7.95. The number of benzene rings is 1. The molecule has 122 valence electrons.